The van der Waals surface area contributed by atoms with Gasteiger partial charge in [-0.05, 0) is 65.5 Å². The minimum Gasteiger partial charge on any atom is -0.484 e. The van der Waals surface area contributed by atoms with E-state index >= 15 is 0 Å². The molecule has 1 aliphatic rings. The monoisotopic (exact) mass is 440 g/mol. The van der Waals surface area contributed by atoms with E-state index in [9.17, 15) is 4.79 Å². The van der Waals surface area contributed by atoms with Crippen LogP contribution in [0.15, 0.2) is 53.3 Å². The fraction of sp³-hybridized carbons (Fsp3) is 0.286. The van der Waals surface area contributed by atoms with Crippen LogP contribution in [0.4, 0.5) is 5.69 Å². The van der Waals surface area contributed by atoms with E-state index in [4.69, 9.17) is 4.74 Å². The number of pyridine rings is 2. The number of hydrogen-bond donors (Lipinski definition) is 2. The summed E-state index contributed by atoms with van der Waals surface area (Å²) in [5.41, 5.74) is 3.71. The van der Waals surface area contributed by atoms with Crippen molar-refractivity contribution in [3.8, 4) is 5.75 Å². The third kappa shape index (κ3) is 4.59. The molecule has 4 rings (SSSR count). The SMILES string of the molecule is CC(Nc1ccnc2cc(Br)cnc12)c1ccc(OCC(=O)NC2CC2)cc1. The van der Waals surface area contributed by atoms with Crippen LogP contribution in [0.2, 0.25) is 0 Å². The number of carbonyl (C=O) groups is 1. The Labute approximate surface area is 171 Å². The second kappa shape index (κ2) is 8.14. The predicted molar refractivity (Wildman–Crippen MR) is 112 cm³/mol. The van der Waals surface area contributed by atoms with Gasteiger partial charge >= 0.3 is 0 Å². The molecule has 0 saturated heterocycles. The van der Waals surface area contributed by atoms with Gasteiger partial charge in [-0.15, -0.1) is 0 Å². The number of amides is 1. The molecule has 1 aromatic carbocycles. The van der Waals surface area contributed by atoms with E-state index in [0.717, 1.165) is 39.6 Å². The molecule has 1 unspecified atom stereocenters. The highest BCUT2D eigenvalue weighted by Gasteiger charge is 2.23. The lowest BCUT2D eigenvalue weighted by Gasteiger charge is -2.17. The van der Waals surface area contributed by atoms with Gasteiger partial charge in [-0.3, -0.25) is 14.8 Å². The van der Waals surface area contributed by atoms with Crippen molar-refractivity contribution in [2.75, 3.05) is 11.9 Å². The third-order valence-corrected chi connectivity index (χ3v) is 5.04. The number of anilines is 1. The summed E-state index contributed by atoms with van der Waals surface area (Å²) in [5.74, 6) is 0.619. The number of rotatable bonds is 7. The zero-order valence-electron chi connectivity index (χ0n) is 15.5. The van der Waals surface area contributed by atoms with Crippen molar-refractivity contribution in [2.45, 2.75) is 31.8 Å². The highest BCUT2D eigenvalue weighted by Crippen LogP contribution is 2.27. The maximum Gasteiger partial charge on any atom is 0.258 e. The Kier molecular flexibility index (Phi) is 5.43. The summed E-state index contributed by atoms with van der Waals surface area (Å²) < 4.78 is 6.47. The van der Waals surface area contributed by atoms with E-state index in [0.29, 0.717) is 11.8 Å². The van der Waals surface area contributed by atoms with Crippen molar-refractivity contribution in [1.29, 1.82) is 0 Å². The predicted octanol–water partition coefficient (Wildman–Crippen LogP) is 4.22. The second-order valence-corrected chi connectivity index (χ2v) is 7.86. The smallest absolute Gasteiger partial charge is 0.258 e. The second-order valence-electron chi connectivity index (χ2n) is 6.95. The molecule has 1 atom stereocenters. The molecule has 0 bridgehead atoms. The van der Waals surface area contributed by atoms with Crippen LogP contribution in [0.5, 0.6) is 5.75 Å². The Balaban J connectivity index is 1.39. The summed E-state index contributed by atoms with van der Waals surface area (Å²) in [6, 6.07) is 12.1. The summed E-state index contributed by atoms with van der Waals surface area (Å²) in [7, 11) is 0. The lowest BCUT2D eigenvalue weighted by molar-refractivity contribution is -0.123. The molecule has 2 heterocycles. The van der Waals surface area contributed by atoms with Gasteiger partial charge in [-0.25, -0.2) is 0 Å². The van der Waals surface area contributed by atoms with E-state index in [1.54, 1.807) is 12.4 Å². The van der Waals surface area contributed by atoms with Crippen molar-refractivity contribution in [1.82, 2.24) is 15.3 Å². The Bertz CT molecular complexity index is 989. The normalized spacial score (nSPS) is 14.5. The fourth-order valence-corrected chi connectivity index (χ4v) is 3.26. The van der Waals surface area contributed by atoms with E-state index in [-0.39, 0.29) is 18.6 Å². The maximum absolute atomic E-state index is 11.7. The standard InChI is InChI=1S/C21H21BrN4O2/c1-13(25-18-8-9-23-19-10-15(22)11-24-21(18)19)14-2-6-17(7-3-14)28-12-20(27)26-16-4-5-16/h2-3,6-11,13,16H,4-5,12H2,1H3,(H,23,25)(H,26,27). The zero-order valence-corrected chi connectivity index (χ0v) is 17.1. The number of halogens is 1. The van der Waals surface area contributed by atoms with Gasteiger partial charge in [0.1, 0.15) is 11.3 Å². The molecule has 144 valence electrons. The molecule has 7 heteroatoms. The Morgan fingerprint density at radius 2 is 2.04 bits per heavy atom. The molecule has 0 spiro atoms. The number of ether oxygens (including phenoxy) is 1. The first kappa shape index (κ1) is 18.7. The first-order valence-corrected chi connectivity index (χ1v) is 10.1. The van der Waals surface area contributed by atoms with Gasteiger partial charge in [0.2, 0.25) is 0 Å². The van der Waals surface area contributed by atoms with Gasteiger partial charge in [-0.1, -0.05) is 12.1 Å². The lowest BCUT2D eigenvalue weighted by Crippen LogP contribution is -2.30. The Morgan fingerprint density at radius 1 is 1.25 bits per heavy atom. The van der Waals surface area contributed by atoms with Crippen LogP contribution in [-0.4, -0.2) is 28.5 Å². The highest BCUT2D eigenvalue weighted by molar-refractivity contribution is 9.10. The number of carbonyl (C=O) groups excluding carboxylic acids is 1. The average Bonchev–Trinajstić information content (AvgIpc) is 3.50. The fourth-order valence-electron chi connectivity index (χ4n) is 2.94. The largest absolute Gasteiger partial charge is 0.484 e. The Hall–Kier alpha value is -2.67. The third-order valence-electron chi connectivity index (χ3n) is 4.61. The van der Waals surface area contributed by atoms with Crippen molar-refractivity contribution in [2.24, 2.45) is 0 Å². The molecule has 1 amide bonds. The van der Waals surface area contributed by atoms with E-state index in [2.05, 4.69) is 43.5 Å². The number of fused-ring (bicyclic) bond motifs is 1. The number of hydrogen-bond acceptors (Lipinski definition) is 5. The van der Waals surface area contributed by atoms with Gasteiger partial charge in [0.15, 0.2) is 6.61 Å². The van der Waals surface area contributed by atoms with Gasteiger partial charge in [0.05, 0.1) is 11.2 Å². The van der Waals surface area contributed by atoms with E-state index < -0.39 is 0 Å². The first-order valence-electron chi connectivity index (χ1n) is 9.27. The number of benzene rings is 1. The van der Waals surface area contributed by atoms with Crippen LogP contribution in [0.1, 0.15) is 31.4 Å². The molecule has 6 nitrogen and oxygen atoms in total. The van der Waals surface area contributed by atoms with Crippen LogP contribution < -0.4 is 15.4 Å². The molecule has 1 saturated carbocycles. The van der Waals surface area contributed by atoms with Crippen molar-refractivity contribution >= 4 is 38.6 Å². The first-order chi connectivity index (χ1) is 13.6. The van der Waals surface area contributed by atoms with Gasteiger partial charge in [0, 0.05) is 29.0 Å². The van der Waals surface area contributed by atoms with Crippen LogP contribution in [-0.2, 0) is 4.79 Å². The molecular weight excluding hydrogens is 420 g/mol. The highest BCUT2D eigenvalue weighted by atomic mass is 79.9. The lowest BCUT2D eigenvalue weighted by atomic mass is 10.1. The maximum atomic E-state index is 11.7. The average molecular weight is 441 g/mol. The van der Waals surface area contributed by atoms with E-state index in [1.807, 2.05) is 36.4 Å². The quantitative estimate of drug-likeness (QED) is 0.574. The minimum atomic E-state index is -0.0645. The number of nitrogens with zero attached hydrogens (tertiary/aromatic N) is 2. The van der Waals surface area contributed by atoms with Crippen LogP contribution >= 0.6 is 15.9 Å². The van der Waals surface area contributed by atoms with Crippen LogP contribution in [0.25, 0.3) is 11.0 Å². The summed E-state index contributed by atoms with van der Waals surface area (Å²) >= 11 is 3.43. The van der Waals surface area contributed by atoms with Crippen molar-refractivity contribution in [3.05, 3.63) is 58.8 Å². The molecule has 2 aromatic heterocycles. The molecule has 0 radical (unpaired) electrons. The molecule has 28 heavy (non-hydrogen) atoms. The van der Waals surface area contributed by atoms with Crippen LogP contribution in [0, 0.1) is 0 Å². The van der Waals surface area contributed by atoms with E-state index in [1.165, 1.54) is 0 Å². The Morgan fingerprint density at radius 3 is 2.79 bits per heavy atom. The summed E-state index contributed by atoms with van der Waals surface area (Å²) in [6.07, 6.45) is 5.69. The molecule has 1 aliphatic carbocycles. The molecule has 0 aliphatic heterocycles. The summed E-state index contributed by atoms with van der Waals surface area (Å²) in [6.45, 7) is 2.14. The van der Waals surface area contributed by atoms with Crippen molar-refractivity contribution < 1.29 is 9.53 Å². The van der Waals surface area contributed by atoms with Gasteiger partial charge in [-0.2, -0.15) is 0 Å². The molecule has 1 fully saturated rings. The molecule has 3 aromatic rings. The van der Waals surface area contributed by atoms with Gasteiger partial charge in [0.25, 0.3) is 5.91 Å². The summed E-state index contributed by atoms with van der Waals surface area (Å²) in [4.78, 5) is 20.6. The topological polar surface area (TPSA) is 76.1 Å². The van der Waals surface area contributed by atoms with Gasteiger partial charge < -0.3 is 15.4 Å². The summed E-state index contributed by atoms with van der Waals surface area (Å²) in [5, 5.41) is 6.41. The minimum absolute atomic E-state index is 0.0495. The van der Waals surface area contributed by atoms with Crippen molar-refractivity contribution in [3.63, 3.8) is 0 Å². The molecular formula is C21H21BrN4O2. The molecule has 2 N–H and O–H groups in total. The zero-order chi connectivity index (χ0) is 19.5. The number of aromatic nitrogens is 2. The number of nitrogens with one attached hydrogen (secondary N) is 2. The van der Waals surface area contributed by atoms with Crippen LogP contribution in [0.3, 0.4) is 0 Å².